The van der Waals surface area contributed by atoms with Crippen LogP contribution in [0.3, 0.4) is 0 Å². The molecule has 1 aromatic heterocycles. The number of nitrogens with one attached hydrogen (secondary N) is 1. The highest BCUT2D eigenvalue weighted by Gasteiger charge is 2.41. The second-order valence-electron chi connectivity index (χ2n) is 6.66. The molecule has 0 amide bonds. The fourth-order valence-electron chi connectivity index (χ4n) is 3.07. The molecule has 2 heterocycles. The van der Waals surface area contributed by atoms with Crippen molar-refractivity contribution >= 4 is 17.3 Å². The number of piperazine rings is 1. The van der Waals surface area contributed by atoms with Crippen molar-refractivity contribution in [3.05, 3.63) is 22.4 Å². The molecular formula is C17H28F3N5S. The normalized spacial score (nSPS) is 19.7. The SMILES string of the molecule is CN=C(NCC(c1cccs1)N(C)C)N1CCN(C(C)C(F)(F)F)CC1. The molecule has 1 aliphatic heterocycles. The van der Waals surface area contributed by atoms with Crippen LogP contribution in [0.1, 0.15) is 17.8 Å². The van der Waals surface area contributed by atoms with E-state index in [0.29, 0.717) is 32.7 Å². The van der Waals surface area contributed by atoms with Crippen molar-refractivity contribution in [2.24, 2.45) is 4.99 Å². The minimum atomic E-state index is -4.18. The third kappa shape index (κ3) is 5.34. The van der Waals surface area contributed by atoms with Gasteiger partial charge in [-0.15, -0.1) is 11.3 Å². The predicted molar refractivity (Wildman–Crippen MR) is 101 cm³/mol. The summed E-state index contributed by atoms with van der Waals surface area (Å²) in [6, 6.07) is 2.96. The zero-order valence-electron chi connectivity index (χ0n) is 15.8. The van der Waals surface area contributed by atoms with E-state index < -0.39 is 12.2 Å². The first-order valence-electron chi connectivity index (χ1n) is 8.70. The maximum absolute atomic E-state index is 12.9. The van der Waals surface area contributed by atoms with Crippen LogP contribution in [0.15, 0.2) is 22.5 Å². The molecule has 1 aliphatic rings. The molecule has 0 radical (unpaired) electrons. The number of rotatable bonds is 5. The molecule has 1 fully saturated rings. The van der Waals surface area contributed by atoms with Crippen LogP contribution >= 0.6 is 11.3 Å². The van der Waals surface area contributed by atoms with Crippen molar-refractivity contribution in [3.8, 4) is 0 Å². The number of likely N-dealkylation sites (N-methyl/N-ethyl adjacent to an activating group) is 1. The van der Waals surface area contributed by atoms with Gasteiger partial charge in [-0.25, -0.2) is 0 Å². The number of nitrogens with zero attached hydrogens (tertiary/aromatic N) is 4. The van der Waals surface area contributed by atoms with Crippen molar-refractivity contribution in [1.29, 1.82) is 0 Å². The number of hydrogen-bond donors (Lipinski definition) is 1. The van der Waals surface area contributed by atoms with Crippen LogP contribution in [-0.2, 0) is 0 Å². The lowest BCUT2D eigenvalue weighted by molar-refractivity contribution is -0.181. The second-order valence-corrected chi connectivity index (χ2v) is 7.64. The third-order valence-corrected chi connectivity index (χ3v) is 5.77. The molecule has 0 saturated carbocycles. The molecule has 0 bridgehead atoms. The van der Waals surface area contributed by atoms with Gasteiger partial charge in [-0.2, -0.15) is 13.2 Å². The Hall–Kier alpha value is -1.32. The van der Waals surface area contributed by atoms with Crippen LogP contribution in [-0.4, -0.2) is 86.7 Å². The lowest BCUT2D eigenvalue weighted by Crippen LogP contribution is -2.57. The molecule has 0 spiro atoms. The van der Waals surface area contributed by atoms with E-state index in [9.17, 15) is 13.2 Å². The molecule has 2 atom stereocenters. The van der Waals surface area contributed by atoms with Gasteiger partial charge in [-0.3, -0.25) is 9.89 Å². The van der Waals surface area contributed by atoms with Gasteiger partial charge in [0, 0.05) is 44.6 Å². The highest BCUT2D eigenvalue weighted by Crippen LogP contribution is 2.25. The van der Waals surface area contributed by atoms with E-state index in [-0.39, 0.29) is 6.04 Å². The highest BCUT2D eigenvalue weighted by molar-refractivity contribution is 7.10. The Morgan fingerprint density at radius 1 is 1.31 bits per heavy atom. The van der Waals surface area contributed by atoms with Gasteiger partial charge in [0.1, 0.15) is 6.04 Å². The molecule has 9 heteroatoms. The number of alkyl halides is 3. The standard InChI is InChI=1S/C17H28F3N5S/c1-13(17(18,19)20)24-7-9-25(10-8-24)16(21-2)22-12-14(23(3)4)15-6-5-11-26-15/h5-6,11,13-14H,7-10,12H2,1-4H3,(H,21,22). The van der Waals surface area contributed by atoms with E-state index in [0.717, 1.165) is 5.96 Å². The average Bonchev–Trinajstić information content (AvgIpc) is 3.11. The van der Waals surface area contributed by atoms with Crippen LogP contribution in [0.2, 0.25) is 0 Å². The van der Waals surface area contributed by atoms with Crippen molar-refractivity contribution < 1.29 is 13.2 Å². The van der Waals surface area contributed by atoms with Gasteiger partial charge < -0.3 is 15.1 Å². The fraction of sp³-hybridized carbons (Fsp3) is 0.706. The number of aliphatic imine (C=N–C) groups is 1. The van der Waals surface area contributed by atoms with Crippen molar-refractivity contribution in [3.63, 3.8) is 0 Å². The van der Waals surface area contributed by atoms with Gasteiger partial charge in [0.25, 0.3) is 0 Å². The van der Waals surface area contributed by atoms with E-state index in [1.165, 1.54) is 16.7 Å². The van der Waals surface area contributed by atoms with E-state index >= 15 is 0 Å². The van der Waals surface area contributed by atoms with Crippen LogP contribution < -0.4 is 5.32 Å². The van der Waals surface area contributed by atoms with Crippen molar-refractivity contribution in [2.75, 3.05) is 53.9 Å². The highest BCUT2D eigenvalue weighted by atomic mass is 32.1. The molecule has 0 aliphatic carbocycles. The van der Waals surface area contributed by atoms with E-state index in [4.69, 9.17) is 0 Å². The lowest BCUT2D eigenvalue weighted by atomic mass is 10.2. The van der Waals surface area contributed by atoms with Crippen molar-refractivity contribution in [1.82, 2.24) is 20.0 Å². The zero-order valence-corrected chi connectivity index (χ0v) is 16.6. The summed E-state index contributed by atoms with van der Waals surface area (Å²) >= 11 is 1.71. The number of hydrogen-bond acceptors (Lipinski definition) is 4. The number of guanidine groups is 1. The molecule has 5 nitrogen and oxygen atoms in total. The van der Waals surface area contributed by atoms with Crippen LogP contribution in [0, 0.1) is 0 Å². The third-order valence-electron chi connectivity index (χ3n) is 4.80. The summed E-state index contributed by atoms with van der Waals surface area (Å²) in [5.41, 5.74) is 0. The van der Waals surface area contributed by atoms with Crippen molar-refractivity contribution in [2.45, 2.75) is 25.2 Å². The Morgan fingerprint density at radius 3 is 2.42 bits per heavy atom. The minimum Gasteiger partial charge on any atom is -0.354 e. The second kappa shape index (κ2) is 9.05. The first-order chi connectivity index (χ1) is 12.2. The molecule has 1 saturated heterocycles. The molecule has 2 rings (SSSR count). The Balaban J connectivity index is 1.90. The topological polar surface area (TPSA) is 34.1 Å². The van der Waals surface area contributed by atoms with E-state index in [1.807, 2.05) is 25.1 Å². The summed E-state index contributed by atoms with van der Waals surface area (Å²) in [6.45, 7) is 3.75. The Morgan fingerprint density at radius 2 is 1.96 bits per heavy atom. The lowest BCUT2D eigenvalue weighted by Gasteiger charge is -2.40. The molecular weight excluding hydrogens is 363 g/mol. The summed E-state index contributed by atoms with van der Waals surface area (Å²) in [5, 5.41) is 5.44. The van der Waals surface area contributed by atoms with Crippen LogP contribution in [0.5, 0.6) is 0 Å². The summed E-state index contributed by atoms with van der Waals surface area (Å²) < 4.78 is 38.6. The maximum Gasteiger partial charge on any atom is 0.403 e. The Kier molecular flexibility index (Phi) is 7.31. The number of thiophene rings is 1. The molecule has 26 heavy (non-hydrogen) atoms. The maximum atomic E-state index is 12.9. The number of halogens is 3. The quantitative estimate of drug-likeness (QED) is 0.618. The minimum absolute atomic E-state index is 0.221. The van der Waals surface area contributed by atoms with E-state index in [2.05, 4.69) is 26.7 Å². The van der Waals surface area contributed by atoms with Gasteiger partial charge in [0.2, 0.25) is 0 Å². The molecule has 1 aromatic rings. The van der Waals surface area contributed by atoms with Crippen LogP contribution in [0.25, 0.3) is 0 Å². The first-order valence-corrected chi connectivity index (χ1v) is 9.58. The smallest absolute Gasteiger partial charge is 0.354 e. The zero-order chi connectivity index (χ0) is 19.3. The predicted octanol–water partition coefficient (Wildman–Crippen LogP) is 2.49. The molecule has 148 valence electrons. The molecule has 1 N–H and O–H groups in total. The monoisotopic (exact) mass is 391 g/mol. The first kappa shape index (κ1) is 21.0. The van der Waals surface area contributed by atoms with Gasteiger partial charge in [0.15, 0.2) is 5.96 Å². The van der Waals surface area contributed by atoms with Gasteiger partial charge >= 0.3 is 6.18 Å². The summed E-state index contributed by atoms with van der Waals surface area (Å²) in [7, 11) is 5.78. The van der Waals surface area contributed by atoms with Gasteiger partial charge in [-0.05, 0) is 32.5 Å². The summed E-state index contributed by atoms with van der Waals surface area (Å²) in [5.74, 6) is 0.743. The van der Waals surface area contributed by atoms with Gasteiger partial charge in [0.05, 0.1) is 6.04 Å². The summed E-state index contributed by atoms with van der Waals surface area (Å²) in [6.07, 6.45) is -4.18. The Labute approximate surface area is 157 Å². The summed E-state index contributed by atoms with van der Waals surface area (Å²) in [4.78, 5) is 11.2. The van der Waals surface area contributed by atoms with Gasteiger partial charge in [-0.1, -0.05) is 6.07 Å². The average molecular weight is 392 g/mol. The molecule has 2 unspecified atom stereocenters. The molecule has 0 aromatic carbocycles. The van der Waals surface area contributed by atoms with Crippen LogP contribution in [0.4, 0.5) is 13.2 Å². The fourth-order valence-corrected chi connectivity index (χ4v) is 3.99. The Bertz CT molecular complexity index is 565. The largest absolute Gasteiger partial charge is 0.403 e. The van der Waals surface area contributed by atoms with E-state index in [1.54, 1.807) is 18.4 Å².